The number of amides is 1. The van der Waals surface area contributed by atoms with E-state index in [-0.39, 0.29) is 11.5 Å². The molecule has 7 heteroatoms. The van der Waals surface area contributed by atoms with Crippen LogP contribution >= 0.6 is 23.4 Å². The van der Waals surface area contributed by atoms with Crippen LogP contribution in [0.3, 0.4) is 0 Å². The summed E-state index contributed by atoms with van der Waals surface area (Å²) in [6.07, 6.45) is 0.722. The monoisotopic (exact) mass is 385 g/mol. The molecule has 26 heavy (non-hydrogen) atoms. The summed E-state index contributed by atoms with van der Waals surface area (Å²) in [5.74, 6) is 0.687. The molecule has 2 heterocycles. The van der Waals surface area contributed by atoms with Crippen LogP contribution in [0, 0.1) is 0 Å². The van der Waals surface area contributed by atoms with Crippen molar-refractivity contribution in [3.05, 3.63) is 69.0 Å². The Morgan fingerprint density at radius 3 is 2.85 bits per heavy atom. The van der Waals surface area contributed by atoms with Gasteiger partial charge in [0.15, 0.2) is 5.16 Å². The van der Waals surface area contributed by atoms with Crippen molar-refractivity contribution in [2.24, 2.45) is 0 Å². The molecule has 0 atom stereocenters. The third-order valence-corrected chi connectivity index (χ3v) is 5.55. The van der Waals surface area contributed by atoms with Crippen molar-refractivity contribution in [1.29, 1.82) is 0 Å². The van der Waals surface area contributed by atoms with Crippen molar-refractivity contribution in [1.82, 2.24) is 14.9 Å². The summed E-state index contributed by atoms with van der Waals surface area (Å²) in [4.78, 5) is 29.4. The highest BCUT2D eigenvalue weighted by molar-refractivity contribution is 7.99. The van der Waals surface area contributed by atoms with Crippen LogP contribution in [0.5, 0.6) is 0 Å². The fourth-order valence-corrected chi connectivity index (χ4v) is 4.03. The smallest absolute Gasteiger partial charge is 0.262 e. The first kappa shape index (κ1) is 17.1. The fraction of sp³-hybridized carbons (Fsp3) is 0.211. The number of thioether (sulfide) groups is 1. The molecule has 132 valence electrons. The number of carbonyl (C=O) groups excluding carboxylic acids is 1. The first-order valence-corrected chi connectivity index (χ1v) is 9.68. The molecular formula is C19H16ClN3O2S. The van der Waals surface area contributed by atoms with Gasteiger partial charge in [-0.05, 0) is 42.3 Å². The predicted octanol–water partition coefficient (Wildman–Crippen LogP) is 3.13. The summed E-state index contributed by atoms with van der Waals surface area (Å²) in [7, 11) is 0. The van der Waals surface area contributed by atoms with Crippen LogP contribution in [0.25, 0.3) is 10.9 Å². The van der Waals surface area contributed by atoms with Crippen LogP contribution in [0.1, 0.15) is 15.9 Å². The van der Waals surface area contributed by atoms with E-state index in [9.17, 15) is 9.59 Å². The second-order valence-corrected chi connectivity index (χ2v) is 7.56. The minimum absolute atomic E-state index is 0.0373. The zero-order valence-electron chi connectivity index (χ0n) is 13.9. The van der Waals surface area contributed by atoms with Gasteiger partial charge in [0.25, 0.3) is 11.5 Å². The summed E-state index contributed by atoms with van der Waals surface area (Å²) in [6, 6.07) is 12.6. The molecule has 0 spiro atoms. The molecule has 2 aromatic carbocycles. The Morgan fingerprint density at radius 1 is 1.23 bits per heavy atom. The number of nitrogens with zero attached hydrogens (tertiary/aromatic N) is 2. The molecular weight excluding hydrogens is 370 g/mol. The molecule has 0 saturated carbocycles. The third kappa shape index (κ3) is 3.34. The van der Waals surface area contributed by atoms with Crippen molar-refractivity contribution in [3.8, 4) is 0 Å². The number of nitrogens with one attached hydrogen (secondary N) is 1. The maximum absolute atomic E-state index is 12.5. The molecule has 3 aromatic rings. The summed E-state index contributed by atoms with van der Waals surface area (Å²) < 4.78 is 1.69. The van der Waals surface area contributed by atoms with Gasteiger partial charge in [-0.2, -0.15) is 0 Å². The zero-order chi connectivity index (χ0) is 18.1. The molecule has 1 N–H and O–H groups in total. The van der Waals surface area contributed by atoms with Crippen molar-refractivity contribution in [3.63, 3.8) is 0 Å². The van der Waals surface area contributed by atoms with E-state index >= 15 is 0 Å². The summed E-state index contributed by atoms with van der Waals surface area (Å²) in [5, 5.41) is 4.88. The number of aromatic nitrogens is 2. The lowest BCUT2D eigenvalue weighted by molar-refractivity contribution is 0.0954. The number of carbonyl (C=O) groups is 1. The molecule has 0 radical (unpaired) electrons. The predicted molar refractivity (Wildman–Crippen MR) is 104 cm³/mol. The molecule has 5 nitrogen and oxygen atoms in total. The van der Waals surface area contributed by atoms with Crippen LogP contribution in [0.15, 0.2) is 52.4 Å². The van der Waals surface area contributed by atoms with Crippen LogP contribution < -0.4 is 10.9 Å². The van der Waals surface area contributed by atoms with E-state index in [4.69, 9.17) is 11.6 Å². The minimum atomic E-state index is -0.170. The number of fused-ring (bicyclic) bond motifs is 2. The first-order chi connectivity index (χ1) is 12.6. The Morgan fingerprint density at radius 2 is 2.04 bits per heavy atom. The first-order valence-electron chi connectivity index (χ1n) is 8.32. The van der Waals surface area contributed by atoms with E-state index in [1.54, 1.807) is 34.5 Å². The SMILES string of the molecule is O=C(NCCc1ccc(Cl)cc1)c1ccc2c(=O)n3c(nc2c1)SCC3. The molecule has 1 amide bonds. The van der Waals surface area contributed by atoms with Crippen LogP contribution in [0.4, 0.5) is 0 Å². The molecule has 0 bridgehead atoms. The highest BCUT2D eigenvalue weighted by Gasteiger charge is 2.17. The number of halogens is 1. The van der Waals surface area contributed by atoms with E-state index < -0.39 is 0 Å². The summed E-state index contributed by atoms with van der Waals surface area (Å²) >= 11 is 7.43. The zero-order valence-corrected chi connectivity index (χ0v) is 15.4. The van der Waals surface area contributed by atoms with Gasteiger partial charge in [-0.25, -0.2) is 4.98 Å². The van der Waals surface area contributed by atoms with Gasteiger partial charge in [0, 0.05) is 29.4 Å². The van der Waals surface area contributed by atoms with Crippen molar-refractivity contribution in [2.75, 3.05) is 12.3 Å². The Kier molecular flexibility index (Phi) is 4.70. The molecule has 0 aliphatic carbocycles. The van der Waals surface area contributed by atoms with Crippen molar-refractivity contribution >= 4 is 40.2 Å². The highest BCUT2D eigenvalue weighted by Crippen LogP contribution is 2.23. The maximum Gasteiger partial charge on any atom is 0.262 e. The molecule has 1 aliphatic rings. The second kappa shape index (κ2) is 7.13. The molecule has 0 unspecified atom stereocenters. The van der Waals surface area contributed by atoms with E-state index in [1.807, 2.05) is 24.3 Å². The van der Waals surface area contributed by atoms with Gasteiger partial charge in [-0.15, -0.1) is 0 Å². The van der Waals surface area contributed by atoms with Crippen LogP contribution in [-0.2, 0) is 13.0 Å². The summed E-state index contributed by atoms with van der Waals surface area (Å²) in [5.41, 5.74) is 2.15. The Bertz CT molecular complexity index is 1050. The Balaban J connectivity index is 1.49. The molecule has 0 fully saturated rings. The van der Waals surface area contributed by atoms with Gasteiger partial charge in [0.1, 0.15) is 0 Å². The lowest BCUT2D eigenvalue weighted by Crippen LogP contribution is -2.26. The van der Waals surface area contributed by atoms with Gasteiger partial charge >= 0.3 is 0 Å². The molecule has 1 aromatic heterocycles. The van der Waals surface area contributed by atoms with E-state index in [0.717, 1.165) is 22.9 Å². The quantitative estimate of drug-likeness (QED) is 0.701. The number of hydrogen-bond acceptors (Lipinski definition) is 4. The molecule has 0 saturated heterocycles. The van der Waals surface area contributed by atoms with Gasteiger partial charge < -0.3 is 5.32 Å². The van der Waals surface area contributed by atoms with E-state index in [0.29, 0.717) is 34.6 Å². The van der Waals surface area contributed by atoms with Crippen molar-refractivity contribution in [2.45, 2.75) is 18.1 Å². The van der Waals surface area contributed by atoms with Crippen molar-refractivity contribution < 1.29 is 4.79 Å². The minimum Gasteiger partial charge on any atom is -0.352 e. The highest BCUT2D eigenvalue weighted by atomic mass is 35.5. The van der Waals surface area contributed by atoms with Gasteiger partial charge in [-0.3, -0.25) is 14.2 Å². The van der Waals surface area contributed by atoms with E-state index in [2.05, 4.69) is 10.3 Å². The molecule has 1 aliphatic heterocycles. The summed E-state index contributed by atoms with van der Waals surface area (Å²) in [6.45, 7) is 1.21. The van der Waals surface area contributed by atoms with E-state index in [1.165, 1.54) is 0 Å². The number of hydrogen-bond donors (Lipinski definition) is 1. The van der Waals surface area contributed by atoms with Gasteiger partial charge in [0.2, 0.25) is 0 Å². The maximum atomic E-state index is 12.5. The second-order valence-electron chi connectivity index (χ2n) is 6.06. The number of benzene rings is 2. The average Bonchev–Trinajstić information content (AvgIpc) is 3.12. The standard InChI is InChI=1S/C19H16ClN3O2S/c20-14-4-1-12(2-5-14)7-8-21-17(24)13-3-6-15-16(11-13)22-19-23(18(15)25)9-10-26-19/h1-6,11H,7-10H2,(H,21,24). The molecule has 4 rings (SSSR count). The largest absolute Gasteiger partial charge is 0.352 e. The Labute approximate surface area is 159 Å². The van der Waals surface area contributed by atoms with Gasteiger partial charge in [-0.1, -0.05) is 35.5 Å². The van der Waals surface area contributed by atoms with Crippen LogP contribution in [-0.4, -0.2) is 27.8 Å². The average molecular weight is 386 g/mol. The Hall–Kier alpha value is -2.31. The topological polar surface area (TPSA) is 64.0 Å². The van der Waals surface area contributed by atoms with Gasteiger partial charge in [0.05, 0.1) is 10.9 Å². The fourth-order valence-electron chi connectivity index (χ4n) is 2.95. The van der Waals surface area contributed by atoms with Crippen LogP contribution in [0.2, 0.25) is 5.02 Å². The normalized spacial score (nSPS) is 13.0. The number of rotatable bonds is 4. The third-order valence-electron chi connectivity index (χ3n) is 4.34. The lowest BCUT2D eigenvalue weighted by Gasteiger charge is -2.08. The lowest BCUT2D eigenvalue weighted by atomic mass is 10.1.